The SMILES string of the molecule is CCC1CCC(C(=O)C2COCC2NC)CC1. The number of carbonyl (C=O) groups excluding carboxylic acids is 1. The van der Waals surface area contributed by atoms with E-state index in [4.69, 9.17) is 4.74 Å². The molecule has 2 atom stereocenters. The molecule has 0 aromatic carbocycles. The second-order valence-electron chi connectivity index (χ2n) is 5.57. The molecule has 98 valence electrons. The Morgan fingerprint density at radius 3 is 2.53 bits per heavy atom. The number of carbonyl (C=O) groups is 1. The number of nitrogens with one attached hydrogen (secondary N) is 1. The van der Waals surface area contributed by atoms with E-state index < -0.39 is 0 Å². The summed E-state index contributed by atoms with van der Waals surface area (Å²) < 4.78 is 5.43. The fraction of sp³-hybridized carbons (Fsp3) is 0.929. The smallest absolute Gasteiger partial charge is 0.142 e. The Hall–Kier alpha value is -0.410. The lowest BCUT2D eigenvalue weighted by atomic mass is 9.76. The van der Waals surface area contributed by atoms with Crippen molar-refractivity contribution in [2.75, 3.05) is 20.3 Å². The minimum atomic E-state index is 0.100. The highest BCUT2D eigenvalue weighted by Gasteiger charge is 2.37. The number of rotatable bonds is 4. The zero-order chi connectivity index (χ0) is 12.3. The summed E-state index contributed by atoms with van der Waals surface area (Å²) in [6.07, 6.45) is 5.95. The van der Waals surface area contributed by atoms with Gasteiger partial charge < -0.3 is 10.1 Å². The second kappa shape index (κ2) is 5.96. The summed E-state index contributed by atoms with van der Waals surface area (Å²) in [4.78, 5) is 12.4. The number of ketones is 1. The molecule has 2 fully saturated rings. The zero-order valence-electron chi connectivity index (χ0n) is 11.1. The summed E-state index contributed by atoms with van der Waals surface area (Å²) in [6, 6.07) is 0.242. The van der Waals surface area contributed by atoms with Crippen molar-refractivity contribution in [2.45, 2.75) is 45.1 Å². The Morgan fingerprint density at radius 1 is 1.24 bits per heavy atom. The average Bonchev–Trinajstić information content (AvgIpc) is 2.86. The van der Waals surface area contributed by atoms with Gasteiger partial charge >= 0.3 is 0 Å². The number of likely N-dealkylation sites (N-methyl/N-ethyl adjacent to an activating group) is 1. The molecule has 1 heterocycles. The molecule has 17 heavy (non-hydrogen) atoms. The van der Waals surface area contributed by atoms with Crippen molar-refractivity contribution in [3.63, 3.8) is 0 Å². The van der Waals surface area contributed by atoms with Crippen LogP contribution in [0.15, 0.2) is 0 Å². The Kier molecular flexibility index (Phi) is 4.57. The number of hydrogen-bond donors (Lipinski definition) is 1. The van der Waals surface area contributed by atoms with Gasteiger partial charge in [-0.3, -0.25) is 4.79 Å². The van der Waals surface area contributed by atoms with Crippen LogP contribution in [0.4, 0.5) is 0 Å². The Bertz CT molecular complexity index is 259. The van der Waals surface area contributed by atoms with E-state index in [0.717, 1.165) is 18.8 Å². The molecule has 2 unspecified atom stereocenters. The molecule has 3 nitrogen and oxygen atoms in total. The molecule has 0 aromatic rings. The molecular formula is C14H25NO2. The monoisotopic (exact) mass is 239 g/mol. The van der Waals surface area contributed by atoms with Gasteiger partial charge in [-0.2, -0.15) is 0 Å². The first kappa shape index (κ1) is 13.0. The van der Waals surface area contributed by atoms with E-state index in [9.17, 15) is 4.79 Å². The van der Waals surface area contributed by atoms with Gasteiger partial charge in [0.2, 0.25) is 0 Å². The fourth-order valence-corrected chi connectivity index (χ4v) is 3.28. The van der Waals surface area contributed by atoms with Gasteiger partial charge in [-0.05, 0) is 38.6 Å². The first-order chi connectivity index (χ1) is 8.26. The van der Waals surface area contributed by atoms with Crippen LogP contribution in [0.5, 0.6) is 0 Å². The van der Waals surface area contributed by atoms with Crippen LogP contribution in [0.25, 0.3) is 0 Å². The number of Topliss-reactive ketones (excluding diaryl/α,β-unsaturated/α-hetero) is 1. The van der Waals surface area contributed by atoms with Gasteiger partial charge in [0.15, 0.2) is 0 Å². The second-order valence-corrected chi connectivity index (χ2v) is 5.57. The third-order valence-electron chi connectivity index (χ3n) is 4.64. The molecule has 1 N–H and O–H groups in total. The van der Waals surface area contributed by atoms with Crippen molar-refractivity contribution in [3.05, 3.63) is 0 Å². The Morgan fingerprint density at radius 2 is 1.94 bits per heavy atom. The third-order valence-corrected chi connectivity index (χ3v) is 4.64. The van der Waals surface area contributed by atoms with E-state index in [1.165, 1.54) is 19.3 Å². The third kappa shape index (κ3) is 2.89. The highest BCUT2D eigenvalue weighted by atomic mass is 16.5. The van der Waals surface area contributed by atoms with Crippen molar-refractivity contribution < 1.29 is 9.53 Å². The van der Waals surface area contributed by atoms with Crippen molar-refractivity contribution in [1.29, 1.82) is 0 Å². The molecule has 3 heteroatoms. The van der Waals surface area contributed by atoms with Crippen LogP contribution in [0, 0.1) is 17.8 Å². The quantitative estimate of drug-likeness (QED) is 0.815. The molecule has 1 saturated heterocycles. The van der Waals surface area contributed by atoms with E-state index >= 15 is 0 Å². The van der Waals surface area contributed by atoms with Crippen LogP contribution in [-0.2, 0) is 9.53 Å². The largest absolute Gasteiger partial charge is 0.379 e. The average molecular weight is 239 g/mol. The summed E-state index contributed by atoms with van der Waals surface area (Å²) in [5.41, 5.74) is 0. The molecule has 2 rings (SSSR count). The van der Waals surface area contributed by atoms with E-state index in [1.54, 1.807) is 0 Å². The molecule has 0 aromatic heterocycles. The number of hydrogen-bond acceptors (Lipinski definition) is 3. The summed E-state index contributed by atoms with van der Waals surface area (Å²) in [5, 5.41) is 3.21. The summed E-state index contributed by atoms with van der Waals surface area (Å²) in [5.74, 6) is 1.72. The van der Waals surface area contributed by atoms with Crippen LogP contribution in [0.3, 0.4) is 0 Å². The predicted molar refractivity (Wildman–Crippen MR) is 67.9 cm³/mol. The molecule has 0 bridgehead atoms. The Labute approximate surface area is 104 Å². The van der Waals surface area contributed by atoms with Gasteiger partial charge in [-0.25, -0.2) is 0 Å². The van der Waals surface area contributed by atoms with Crippen LogP contribution < -0.4 is 5.32 Å². The van der Waals surface area contributed by atoms with Gasteiger partial charge in [-0.15, -0.1) is 0 Å². The molecule has 1 aliphatic carbocycles. The highest BCUT2D eigenvalue weighted by molar-refractivity contribution is 5.84. The van der Waals surface area contributed by atoms with E-state index in [1.807, 2.05) is 7.05 Å². The van der Waals surface area contributed by atoms with Crippen molar-refractivity contribution in [2.24, 2.45) is 17.8 Å². The predicted octanol–water partition coefficient (Wildman–Crippen LogP) is 2.01. The van der Waals surface area contributed by atoms with Gasteiger partial charge in [-0.1, -0.05) is 13.3 Å². The summed E-state index contributed by atoms with van der Waals surface area (Å²) >= 11 is 0. The minimum Gasteiger partial charge on any atom is -0.379 e. The minimum absolute atomic E-state index is 0.100. The summed E-state index contributed by atoms with van der Waals surface area (Å²) in [7, 11) is 1.92. The highest BCUT2D eigenvalue weighted by Crippen LogP contribution is 2.33. The maximum Gasteiger partial charge on any atom is 0.142 e. The van der Waals surface area contributed by atoms with Crippen LogP contribution in [-0.4, -0.2) is 32.1 Å². The standard InChI is InChI=1S/C14H25NO2/c1-3-10-4-6-11(7-5-10)14(16)12-8-17-9-13(12)15-2/h10-13,15H,3-9H2,1-2H3. The van der Waals surface area contributed by atoms with Crippen molar-refractivity contribution in [3.8, 4) is 0 Å². The molecule has 0 amide bonds. The Balaban J connectivity index is 1.88. The summed E-state index contributed by atoms with van der Waals surface area (Å²) in [6.45, 7) is 3.57. The molecule has 0 spiro atoms. The van der Waals surface area contributed by atoms with Crippen LogP contribution >= 0.6 is 0 Å². The van der Waals surface area contributed by atoms with Gasteiger partial charge in [0.05, 0.1) is 19.1 Å². The molecule has 1 aliphatic heterocycles. The molecule has 2 aliphatic rings. The lowest BCUT2D eigenvalue weighted by molar-refractivity contribution is -0.128. The first-order valence-electron chi connectivity index (χ1n) is 7.05. The molecule has 0 radical (unpaired) electrons. The van der Waals surface area contributed by atoms with Gasteiger partial charge in [0.25, 0.3) is 0 Å². The maximum absolute atomic E-state index is 12.4. The molecular weight excluding hydrogens is 214 g/mol. The van der Waals surface area contributed by atoms with Crippen LogP contribution in [0.2, 0.25) is 0 Å². The first-order valence-corrected chi connectivity index (χ1v) is 7.05. The maximum atomic E-state index is 12.4. The fourth-order valence-electron chi connectivity index (χ4n) is 3.28. The normalized spacial score (nSPS) is 38.2. The van der Waals surface area contributed by atoms with Gasteiger partial charge in [0.1, 0.15) is 5.78 Å². The van der Waals surface area contributed by atoms with Crippen molar-refractivity contribution >= 4 is 5.78 Å². The van der Waals surface area contributed by atoms with E-state index in [-0.39, 0.29) is 12.0 Å². The van der Waals surface area contributed by atoms with Crippen molar-refractivity contribution in [1.82, 2.24) is 5.32 Å². The van der Waals surface area contributed by atoms with E-state index in [2.05, 4.69) is 12.2 Å². The number of ether oxygens (including phenoxy) is 1. The molecule has 1 saturated carbocycles. The zero-order valence-corrected chi connectivity index (χ0v) is 11.1. The van der Waals surface area contributed by atoms with E-state index in [0.29, 0.717) is 24.9 Å². The van der Waals surface area contributed by atoms with Gasteiger partial charge in [0, 0.05) is 12.0 Å². The topological polar surface area (TPSA) is 38.3 Å². The lowest BCUT2D eigenvalue weighted by Gasteiger charge is -2.29. The lowest BCUT2D eigenvalue weighted by Crippen LogP contribution is -2.40. The van der Waals surface area contributed by atoms with Crippen LogP contribution in [0.1, 0.15) is 39.0 Å².